The fraction of sp³-hybridized carbons (Fsp3) is 0.467. The number of anilines is 2. The molecule has 0 atom stereocenters. The summed E-state index contributed by atoms with van der Waals surface area (Å²) in [5.74, 6) is 1.20. The van der Waals surface area contributed by atoms with Crippen LogP contribution in [0.25, 0.3) is 0 Å². The molecule has 5 nitrogen and oxygen atoms in total. The Morgan fingerprint density at radius 2 is 2.00 bits per heavy atom. The molecule has 2 rings (SSSR count). The lowest BCUT2D eigenvalue weighted by molar-refractivity contribution is 0.460. The first kappa shape index (κ1) is 14.5. The average molecular weight is 274 g/mol. The van der Waals surface area contributed by atoms with Crippen molar-refractivity contribution in [2.24, 2.45) is 5.92 Å². The predicted octanol–water partition coefficient (Wildman–Crippen LogP) is 3.12. The maximum absolute atomic E-state index is 5.57. The minimum absolute atomic E-state index is 0.437. The standard InChI is InChI=1S/C15H22N4O/c1-4-12-7-5-6-8-13(12)17-15-19-18-14(20-15)10-16-9-11(2)3/h5-8,11,16H,4,9-10H2,1-3H3,(H,17,19). The number of hydrogen-bond acceptors (Lipinski definition) is 5. The first-order chi connectivity index (χ1) is 9.69. The molecule has 0 fully saturated rings. The third-order valence-corrected chi connectivity index (χ3v) is 2.94. The molecule has 0 aliphatic rings. The van der Waals surface area contributed by atoms with Crippen LogP contribution in [0.5, 0.6) is 0 Å². The van der Waals surface area contributed by atoms with Gasteiger partial charge in [-0.1, -0.05) is 44.1 Å². The molecule has 0 aliphatic heterocycles. The monoisotopic (exact) mass is 274 g/mol. The van der Waals surface area contributed by atoms with Gasteiger partial charge >= 0.3 is 6.01 Å². The van der Waals surface area contributed by atoms with Crippen molar-refractivity contribution in [3.63, 3.8) is 0 Å². The van der Waals surface area contributed by atoms with E-state index in [2.05, 4.69) is 47.7 Å². The van der Waals surface area contributed by atoms with Gasteiger partial charge in [-0.3, -0.25) is 0 Å². The van der Waals surface area contributed by atoms with Crippen LogP contribution in [0.15, 0.2) is 28.7 Å². The van der Waals surface area contributed by atoms with Crippen molar-refractivity contribution in [3.8, 4) is 0 Å². The van der Waals surface area contributed by atoms with Crippen molar-refractivity contribution < 1.29 is 4.42 Å². The van der Waals surface area contributed by atoms with E-state index in [0.29, 0.717) is 24.4 Å². The van der Waals surface area contributed by atoms with Crippen LogP contribution in [0.1, 0.15) is 32.2 Å². The molecule has 0 amide bonds. The Hall–Kier alpha value is -1.88. The molecule has 0 saturated carbocycles. The Labute approximate surface area is 119 Å². The smallest absolute Gasteiger partial charge is 0.320 e. The number of para-hydroxylation sites is 1. The van der Waals surface area contributed by atoms with E-state index in [9.17, 15) is 0 Å². The van der Waals surface area contributed by atoms with E-state index in [1.807, 2.05) is 18.2 Å². The van der Waals surface area contributed by atoms with Gasteiger partial charge in [0.05, 0.1) is 6.54 Å². The normalized spacial score (nSPS) is 11.0. The van der Waals surface area contributed by atoms with Gasteiger partial charge in [0.15, 0.2) is 0 Å². The Morgan fingerprint density at radius 1 is 1.20 bits per heavy atom. The van der Waals surface area contributed by atoms with Crippen LogP contribution < -0.4 is 10.6 Å². The minimum atomic E-state index is 0.437. The SMILES string of the molecule is CCc1ccccc1Nc1nnc(CNCC(C)C)o1. The van der Waals surface area contributed by atoms with E-state index in [1.165, 1.54) is 5.56 Å². The summed E-state index contributed by atoms with van der Waals surface area (Å²) in [7, 11) is 0. The summed E-state index contributed by atoms with van der Waals surface area (Å²) in [6.45, 7) is 7.98. The van der Waals surface area contributed by atoms with Gasteiger partial charge in [-0.15, -0.1) is 5.10 Å². The topological polar surface area (TPSA) is 63.0 Å². The highest BCUT2D eigenvalue weighted by Gasteiger charge is 2.07. The number of aromatic nitrogens is 2. The van der Waals surface area contributed by atoms with E-state index in [4.69, 9.17) is 4.42 Å². The molecular formula is C15H22N4O. The maximum atomic E-state index is 5.57. The van der Waals surface area contributed by atoms with Gasteiger partial charge in [-0.25, -0.2) is 0 Å². The Bertz CT molecular complexity index is 536. The lowest BCUT2D eigenvalue weighted by Crippen LogP contribution is -2.19. The number of nitrogens with zero attached hydrogens (tertiary/aromatic N) is 2. The maximum Gasteiger partial charge on any atom is 0.320 e. The Morgan fingerprint density at radius 3 is 2.75 bits per heavy atom. The number of nitrogens with one attached hydrogen (secondary N) is 2. The molecule has 20 heavy (non-hydrogen) atoms. The second kappa shape index (κ2) is 7.05. The van der Waals surface area contributed by atoms with Crippen molar-refractivity contribution in [2.75, 3.05) is 11.9 Å². The van der Waals surface area contributed by atoms with Crippen molar-refractivity contribution in [2.45, 2.75) is 33.7 Å². The molecule has 0 aliphatic carbocycles. The van der Waals surface area contributed by atoms with Crippen molar-refractivity contribution in [1.82, 2.24) is 15.5 Å². The third-order valence-electron chi connectivity index (χ3n) is 2.94. The van der Waals surface area contributed by atoms with Gasteiger partial charge in [0.25, 0.3) is 0 Å². The molecule has 0 radical (unpaired) electrons. The summed E-state index contributed by atoms with van der Waals surface area (Å²) in [4.78, 5) is 0. The molecule has 1 aromatic carbocycles. The molecule has 1 heterocycles. The predicted molar refractivity (Wildman–Crippen MR) is 79.9 cm³/mol. The zero-order valence-electron chi connectivity index (χ0n) is 12.3. The number of aryl methyl sites for hydroxylation is 1. The fourth-order valence-corrected chi connectivity index (χ4v) is 1.91. The van der Waals surface area contributed by atoms with Crippen LogP contribution in [0.2, 0.25) is 0 Å². The van der Waals surface area contributed by atoms with E-state index >= 15 is 0 Å². The molecule has 0 unspecified atom stereocenters. The zero-order chi connectivity index (χ0) is 14.4. The van der Waals surface area contributed by atoms with Gasteiger partial charge < -0.3 is 15.1 Å². The van der Waals surface area contributed by atoms with E-state index < -0.39 is 0 Å². The fourth-order valence-electron chi connectivity index (χ4n) is 1.91. The highest BCUT2D eigenvalue weighted by atomic mass is 16.4. The van der Waals surface area contributed by atoms with E-state index in [1.54, 1.807) is 0 Å². The van der Waals surface area contributed by atoms with Gasteiger partial charge in [0.2, 0.25) is 5.89 Å². The second-order valence-corrected chi connectivity index (χ2v) is 5.16. The summed E-state index contributed by atoms with van der Waals surface area (Å²) in [6, 6.07) is 8.55. The quantitative estimate of drug-likeness (QED) is 0.812. The summed E-state index contributed by atoms with van der Waals surface area (Å²) in [5.41, 5.74) is 2.24. The molecule has 0 spiro atoms. The lowest BCUT2D eigenvalue weighted by Gasteiger charge is -2.06. The van der Waals surface area contributed by atoms with Crippen LogP contribution in [0.4, 0.5) is 11.7 Å². The highest BCUT2D eigenvalue weighted by molar-refractivity contribution is 5.57. The first-order valence-electron chi connectivity index (χ1n) is 7.07. The first-order valence-corrected chi connectivity index (χ1v) is 7.07. The minimum Gasteiger partial charge on any atom is -0.406 e. The zero-order valence-corrected chi connectivity index (χ0v) is 12.3. The summed E-state index contributed by atoms with van der Waals surface area (Å²) >= 11 is 0. The lowest BCUT2D eigenvalue weighted by atomic mass is 10.1. The average Bonchev–Trinajstić information content (AvgIpc) is 2.86. The van der Waals surface area contributed by atoms with Crippen molar-refractivity contribution in [3.05, 3.63) is 35.7 Å². The van der Waals surface area contributed by atoms with Gasteiger partial charge in [-0.05, 0) is 30.5 Å². The van der Waals surface area contributed by atoms with Crippen LogP contribution in [-0.4, -0.2) is 16.7 Å². The van der Waals surface area contributed by atoms with Crippen molar-refractivity contribution in [1.29, 1.82) is 0 Å². The molecule has 2 aromatic rings. The molecule has 5 heteroatoms. The largest absolute Gasteiger partial charge is 0.406 e. The highest BCUT2D eigenvalue weighted by Crippen LogP contribution is 2.20. The van der Waals surface area contributed by atoms with Crippen LogP contribution in [0.3, 0.4) is 0 Å². The molecule has 0 saturated heterocycles. The molecule has 108 valence electrons. The molecular weight excluding hydrogens is 252 g/mol. The van der Waals surface area contributed by atoms with Gasteiger partial charge in [0.1, 0.15) is 0 Å². The van der Waals surface area contributed by atoms with Crippen LogP contribution in [0, 0.1) is 5.92 Å². The molecule has 0 bridgehead atoms. The molecule has 1 aromatic heterocycles. The molecule has 2 N–H and O–H groups in total. The number of rotatable bonds is 7. The van der Waals surface area contributed by atoms with Crippen LogP contribution >= 0.6 is 0 Å². The second-order valence-electron chi connectivity index (χ2n) is 5.16. The van der Waals surface area contributed by atoms with Crippen LogP contribution in [-0.2, 0) is 13.0 Å². The third kappa shape index (κ3) is 4.06. The summed E-state index contributed by atoms with van der Waals surface area (Å²) in [6.07, 6.45) is 0.958. The number of hydrogen-bond donors (Lipinski definition) is 2. The van der Waals surface area contributed by atoms with Gasteiger partial charge in [0, 0.05) is 5.69 Å². The summed E-state index contributed by atoms with van der Waals surface area (Å²) in [5, 5.41) is 14.5. The van der Waals surface area contributed by atoms with E-state index in [-0.39, 0.29) is 0 Å². The summed E-state index contributed by atoms with van der Waals surface area (Å²) < 4.78 is 5.57. The van der Waals surface area contributed by atoms with E-state index in [0.717, 1.165) is 18.7 Å². The number of benzene rings is 1. The Kier molecular flexibility index (Phi) is 5.12. The Balaban J connectivity index is 1.95. The van der Waals surface area contributed by atoms with Gasteiger partial charge in [-0.2, -0.15) is 0 Å². The van der Waals surface area contributed by atoms with Crippen molar-refractivity contribution >= 4 is 11.7 Å².